The summed E-state index contributed by atoms with van der Waals surface area (Å²) in [6, 6.07) is 3.29. The van der Waals surface area contributed by atoms with Crippen LogP contribution < -0.4 is 10.6 Å². The van der Waals surface area contributed by atoms with Gasteiger partial charge in [-0.1, -0.05) is 44.7 Å². The van der Waals surface area contributed by atoms with Crippen LogP contribution in [0.15, 0.2) is 16.5 Å². The van der Waals surface area contributed by atoms with Crippen molar-refractivity contribution in [1.29, 1.82) is 0 Å². The Morgan fingerprint density at radius 2 is 1.97 bits per heavy atom. The number of carbonyl (C=O) groups is 2. The number of piperidine rings is 1. The van der Waals surface area contributed by atoms with Crippen molar-refractivity contribution in [3.8, 4) is 0 Å². The molecule has 3 aliphatic rings. The fourth-order valence-electron chi connectivity index (χ4n) is 6.55. The Balaban J connectivity index is 1.53. The lowest BCUT2D eigenvalue weighted by molar-refractivity contribution is 0.0146. The molecule has 184 valence electrons. The molecule has 2 aliphatic heterocycles. The van der Waals surface area contributed by atoms with Crippen molar-refractivity contribution in [2.45, 2.75) is 70.8 Å². The molecule has 3 amide bonds. The number of nitrogens with zero attached hydrogens (tertiary/aromatic N) is 1. The van der Waals surface area contributed by atoms with Crippen molar-refractivity contribution in [2.24, 2.45) is 11.3 Å². The van der Waals surface area contributed by atoms with Crippen molar-refractivity contribution < 1.29 is 19.1 Å². The largest absolute Gasteiger partial charge is 0.450 e. The average molecular weight is 488 g/mol. The molecule has 5 rings (SSSR count). The van der Waals surface area contributed by atoms with Gasteiger partial charge in [-0.05, 0) is 50.2 Å². The van der Waals surface area contributed by atoms with Gasteiger partial charge in [0.2, 0.25) is 0 Å². The number of halogens is 1. The lowest BCUT2D eigenvalue weighted by Crippen LogP contribution is -2.52. The quantitative estimate of drug-likeness (QED) is 0.520. The standard InChI is InChI=1S/C26H34ClN3O4/c1-16(2)13-25(15-31)7-6-10-30(14-25)23(32)19-12-17-11-18(27)21-20(22(17)34-19)26(29-24(33)28-21)8-4-3-5-9-26/h11-12,16,31H,3-10,13-15H2,1-2H3,(H2,28,29,33). The highest BCUT2D eigenvalue weighted by molar-refractivity contribution is 6.35. The zero-order chi connectivity index (χ0) is 24.1. The lowest BCUT2D eigenvalue weighted by Gasteiger charge is -2.43. The summed E-state index contributed by atoms with van der Waals surface area (Å²) in [5.74, 6) is 0.560. The second kappa shape index (κ2) is 8.76. The van der Waals surface area contributed by atoms with Crippen LogP contribution in [0.1, 0.15) is 81.3 Å². The van der Waals surface area contributed by atoms with Gasteiger partial charge in [-0.3, -0.25) is 4.79 Å². The minimum absolute atomic E-state index is 0.0755. The molecule has 3 N–H and O–H groups in total. The van der Waals surface area contributed by atoms with Crippen molar-refractivity contribution in [2.75, 3.05) is 25.0 Å². The number of urea groups is 1. The molecule has 1 saturated carbocycles. The number of benzene rings is 1. The van der Waals surface area contributed by atoms with Gasteiger partial charge in [-0.2, -0.15) is 0 Å². The molecule has 3 heterocycles. The van der Waals surface area contributed by atoms with Gasteiger partial charge in [0.15, 0.2) is 5.76 Å². The highest BCUT2D eigenvalue weighted by Gasteiger charge is 2.44. The molecule has 1 aromatic carbocycles. The summed E-state index contributed by atoms with van der Waals surface area (Å²) in [7, 11) is 0. The molecule has 2 aromatic rings. The first kappa shape index (κ1) is 23.5. The van der Waals surface area contributed by atoms with Gasteiger partial charge < -0.3 is 25.1 Å². The maximum atomic E-state index is 13.6. The molecular formula is C26H34ClN3O4. The summed E-state index contributed by atoms with van der Waals surface area (Å²) in [6.07, 6.45) is 7.43. The topological polar surface area (TPSA) is 94.8 Å². The highest BCUT2D eigenvalue weighted by atomic mass is 35.5. The van der Waals surface area contributed by atoms with E-state index in [1.54, 1.807) is 12.1 Å². The summed E-state index contributed by atoms with van der Waals surface area (Å²) in [6.45, 7) is 5.55. The normalized spacial score (nSPS) is 24.3. The zero-order valence-electron chi connectivity index (χ0n) is 20.0. The number of carbonyl (C=O) groups excluding carboxylic acids is 2. The fourth-order valence-corrected chi connectivity index (χ4v) is 6.81. The van der Waals surface area contributed by atoms with Crippen LogP contribution in [0.5, 0.6) is 0 Å². The number of aliphatic hydroxyl groups excluding tert-OH is 1. The Morgan fingerprint density at radius 1 is 1.21 bits per heavy atom. The van der Waals surface area contributed by atoms with Crippen LogP contribution in [0.3, 0.4) is 0 Å². The van der Waals surface area contributed by atoms with Gasteiger partial charge in [0.25, 0.3) is 5.91 Å². The van der Waals surface area contributed by atoms with E-state index in [2.05, 4.69) is 24.5 Å². The molecule has 0 bridgehead atoms. The van der Waals surface area contributed by atoms with E-state index in [0.29, 0.717) is 35.3 Å². The van der Waals surface area contributed by atoms with Gasteiger partial charge in [0.05, 0.1) is 22.9 Å². The number of anilines is 1. The van der Waals surface area contributed by atoms with E-state index in [4.69, 9.17) is 16.0 Å². The number of fused-ring (bicyclic) bond motifs is 4. The number of nitrogens with one attached hydrogen (secondary N) is 2. The number of hydrogen-bond acceptors (Lipinski definition) is 4. The molecule has 1 unspecified atom stereocenters. The maximum absolute atomic E-state index is 13.6. The summed E-state index contributed by atoms with van der Waals surface area (Å²) in [5, 5.41) is 17.4. The van der Waals surface area contributed by atoms with E-state index in [1.807, 2.05) is 4.90 Å². The smallest absolute Gasteiger partial charge is 0.319 e. The predicted molar refractivity (Wildman–Crippen MR) is 132 cm³/mol. The summed E-state index contributed by atoms with van der Waals surface area (Å²) in [5.41, 5.74) is 1.26. The van der Waals surface area contributed by atoms with E-state index < -0.39 is 5.54 Å². The van der Waals surface area contributed by atoms with Crippen LogP contribution in [0, 0.1) is 11.3 Å². The third-order valence-corrected chi connectivity index (χ3v) is 8.17. The zero-order valence-corrected chi connectivity index (χ0v) is 20.8. The van der Waals surface area contributed by atoms with E-state index in [9.17, 15) is 14.7 Å². The van der Waals surface area contributed by atoms with Crippen LogP contribution in [0.4, 0.5) is 10.5 Å². The highest BCUT2D eigenvalue weighted by Crippen LogP contribution is 2.49. The molecule has 1 aliphatic carbocycles. The summed E-state index contributed by atoms with van der Waals surface area (Å²) >= 11 is 6.62. The van der Waals surface area contributed by atoms with Gasteiger partial charge in [0.1, 0.15) is 5.58 Å². The van der Waals surface area contributed by atoms with E-state index in [-0.39, 0.29) is 29.7 Å². The Bertz CT molecular complexity index is 1120. The Kier molecular flexibility index (Phi) is 6.05. The van der Waals surface area contributed by atoms with Gasteiger partial charge >= 0.3 is 6.03 Å². The molecule has 1 spiro atoms. The lowest BCUT2D eigenvalue weighted by atomic mass is 9.74. The number of amides is 3. The molecule has 1 atom stereocenters. The van der Waals surface area contributed by atoms with Crippen molar-refractivity contribution in [3.63, 3.8) is 0 Å². The van der Waals surface area contributed by atoms with Crippen LogP contribution in [-0.4, -0.2) is 41.6 Å². The molecule has 1 saturated heterocycles. The molecule has 7 nitrogen and oxygen atoms in total. The van der Waals surface area contributed by atoms with Crippen LogP contribution in [0.25, 0.3) is 11.0 Å². The molecule has 34 heavy (non-hydrogen) atoms. The molecular weight excluding hydrogens is 454 g/mol. The third kappa shape index (κ3) is 3.97. The van der Waals surface area contributed by atoms with E-state index in [0.717, 1.165) is 62.3 Å². The monoisotopic (exact) mass is 487 g/mol. The molecule has 1 aromatic heterocycles. The number of hydrogen-bond donors (Lipinski definition) is 3. The van der Waals surface area contributed by atoms with E-state index in [1.165, 1.54) is 0 Å². The summed E-state index contributed by atoms with van der Waals surface area (Å²) in [4.78, 5) is 27.9. The molecule has 2 fully saturated rings. The van der Waals surface area contributed by atoms with Crippen LogP contribution in [0.2, 0.25) is 5.02 Å². The SMILES string of the molecule is CC(C)CC1(CO)CCCN(C(=O)c2cc3cc(Cl)c4c(c3o2)C2(CCCCC2)NC(=O)N4)C1. The maximum Gasteiger partial charge on any atom is 0.319 e. The average Bonchev–Trinajstić information content (AvgIpc) is 3.22. The van der Waals surface area contributed by atoms with Gasteiger partial charge in [-0.15, -0.1) is 0 Å². The first-order valence-electron chi connectivity index (χ1n) is 12.5. The minimum atomic E-state index is -0.536. The Hall–Kier alpha value is -2.25. The number of aliphatic hydroxyl groups is 1. The van der Waals surface area contributed by atoms with Gasteiger partial charge in [0, 0.05) is 29.5 Å². The Morgan fingerprint density at radius 3 is 2.68 bits per heavy atom. The van der Waals surface area contributed by atoms with Gasteiger partial charge in [-0.25, -0.2) is 4.79 Å². The Labute approximate surface area is 205 Å². The summed E-state index contributed by atoms with van der Waals surface area (Å²) < 4.78 is 6.28. The van der Waals surface area contributed by atoms with Crippen molar-refractivity contribution in [3.05, 3.63) is 28.5 Å². The number of likely N-dealkylation sites (tertiary alicyclic amines) is 1. The first-order chi connectivity index (χ1) is 16.3. The molecule has 0 radical (unpaired) electrons. The number of furan rings is 1. The second-order valence-electron chi connectivity index (χ2n) is 10.9. The van der Waals surface area contributed by atoms with Crippen molar-refractivity contribution in [1.82, 2.24) is 10.2 Å². The van der Waals surface area contributed by atoms with Crippen LogP contribution >= 0.6 is 11.6 Å². The fraction of sp³-hybridized carbons (Fsp3) is 0.615. The first-order valence-corrected chi connectivity index (χ1v) is 12.9. The van der Waals surface area contributed by atoms with Crippen molar-refractivity contribution >= 4 is 40.2 Å². The second-order valence-corrected chi connectivity index (χ2v) is 11.4. The molecule has 8 heteroatoms. The predicted octanol–water partition coefficient (Wildman–Crippen LogP) is 5.64. The minimum Gasteiger partial charge on any atom is -0.450 e. The number of rotatable bonds is 4. The van der Waals surface area contributed by atoms with Crippen LogP contribution in [-0.2, 0) is 5.54 Å². The van der Waals surface area contributed by atoms with E-state index >= 15 is 0 Å². The third-order valence-electron chi connectivity index (χ3n) is 7.87.